The quantitative estimate of drug-likeness (QED) is 0.306. The Labute approximate surface area is 187 Å². The minimum Gasteiger partial charge on any atom is -0.374 e. The van der Waals surface area contributed by atoms with Crippen LogP contribution in [0, 0.1) is 11.8 Å². The van der Waals surface area contributed by atoms with Gasteiger partial charge in [-0.25, -0.2) is 9.98 Å². The molecule has 1 atom stereocenters. The zero-order chi connectivity index (χ0) is 19.6. The van der Waals surface area contributed by atoms with Crippen molar-refractivity contribution in [3.63, 3.8) is 0 Å². The van der Waals surface area contributed by atoms with Crippen molar-refractivity contribution >= 4 is 29.9 Å². The van der Waals surface area contributed by atoms with Gasteiger partial charge >= 0.3 is 0 Å². The zero-order valence-electron chi connectivity index (χ0n) is 18.1. The molecule has 0 saturated carbocycles. The maximum Gasteiger partial charge on any atom is 0.191 e. The van der Waals surface area contributed by atoms with Gasteiger partial charge in [0.1, 0.15) is 12.4 Å². The Morgan fingerprint density at radius 1 is 1.25 bits per heavy atom. The number of guanidine groups is 1. The van der Waals surface area contributed by atoms with Crippen LogP contribution in [-0.4, -0.2) is 65.8 Å². The Balaban J connectivity index is 0.00000392. The molecule has 0 amide bonds. The van der Waals surface area contributed by atoms with E-state index in [1.165, 1.54) is 0 Å². The molecule has 7 nitrogen and oxygen atoms in total. The van der Waals surface area contributed by atoms with Gasteiger partial charge in [0.25, 0.3) is 0 Å². The Morgan fingerprint density at radius 2 is 2.00 bits per heavy atom. The number of ether oxygens (including phenoxy) is 1. The highest BCUT2D eigenvalue weighted by molar-refractivity contribution is 14.0. The molecule has 1 fully saturated rings. The first kappa shape index (κ1) is 25.2. The molecule has 0 bridgehead atoms. The number of hydrogen-bond acceptors (Lipinski definition) is 4. The van der Waals surface area contributed by atoms with E-state index >= 15 is 0 Å². The summed E-state index contributed by atoms with van der Waals surface area (Å²) in [6.07, 6.45) is 4.08. The highest BCUT2D eigenvalue weighted by Gasteiger charge is 2.21. The van der Waals surface area contributed by atoms with Gasteiger partial charge in [-0.3, -0.25) is 4.90 Å². The summed E-state index contributed by atoms with van der Waals surface area (Å²) in [5.41, 5.74) is 0. The van der Waals surface area contributed by atoms with Crippen molar-refractivity contribution in [2.75, 3.05) is 39.3 Å². The van der Waals surface area contributed by atoms with E-state index in [1.807, 2.05) is 12.4 Å². The molecular weight excluding hydrogens is 467 g/mol. The summed E-state index contributed by atoms with van der Waals surface area (Å²) >= 11 is 0. The van der Waals surface area contributed by atoms with Gasteiger partial charge in [-0.05, 0) is 18.8 Å². The molecule has 1 unspecified atom stereocenters. The number of aliphatic imine (C=N–C) groups is 1. The lowest BCUT2D eigenvalue weighted by atomic mass is 10.2. The zero-order valence-corrected chi connectivity index (χ0v) is 20.5. The molecule has 8 heteroatoms. The van der Waals surface area contributed by atoms with Crippen molar-refractivity contribution in [2.24, 2.45) is 16.8 Å². The average Bonchev–Trinajstić information content (AvgIpc) is 3.03. The number of rotatable bonds is 9. The third-order valence-corrected chi connectivity index (χ3v) is 4.43. The fraction of sp³-hybridized carbons (Fsp3) is 0.800. The largest absolute Gasteiger partial charge is 0.374 e. The Morgan fingerprint density at radius 3 is 2.68 bits per heavy atom. The smallest absolute Gasteiger partial charge is 0.191 e. The van der Waals surface area contributed by atoms with Crippen molar-refractivity contribution in [1.82, 2.24) is 25.1 Å². The van der Waals surface area contributed by atoms with E-state index in [9.17, 15) is 0 Å². The van der Waals surface area contributed by atoms with Gasteiger partial charge in [0.15, 0.2) is 5.96 Å². The van der Waals surface area contributed by atoms with Crippen LogP contribution in [0.3, 0.4) is 0 Å². The maximum absolute atomic E-state index is 5.93. The van der Waals surface area contributed by atoms with Crippen LogP contribution in [0.4, 0.5) is 0 Å². The summed E-state index contributed by atoms with van der Waals surface area (Å²) in [7, 11) is 0. The van der Waals surface area contributed by atoms with Crippen LogP contribution in [0.1, 0.15) is 40.4 Å². The van der Waals surface area contributed by atoms with Crippen LogP contribution in [0.5, 0.6) is 0 Å². The molecule has 0 aliphatic carbocycles. The molecule has 0 radical (unpaired) electrons. The van der Waals surface area contributed by atoms with Gasteiger partial charge in [0, 0.05) is 51.7 Å². The molecule has 0 aromatic carbocycles. The number of aromatic nitrogens is 2. The van der Waals surface area contributed by atoms with Crippen LogP contribution in [0.2, 0.25) is 0 Å². The highest BCUT2D eigenvalue weighted by atomic mass is 127. The van der Waals surface area contributed by atoms with E-state index in [2.05, 4.69) is 59.7 Å². The first-order chi connectivity index (χ1) is 13.0. The summed E-state index contributed by atoms with van der Waals surface area (Å²) in [4.78, 5) is 11.7. The lowest BCUT2D eigenvalue weighted by Gasteiger charge is -2.34. The van der Waals surface area contributed by atoms with E-state index in [0.29, 0.717) is 18.4 Å². The van der Waals surface area contributed by atoms with Gasteiger partial charge in [-0.1, -0.05) is 27.7 Å². The molecule has 0 spiro atoms. The van der Waals surface area contributed by atoms with Crippen LogP contribution in [0.15, 0.2) is 17.4 Å². The van der Waals surface area contributed by atoms with Crippen LogP contribution in [0.25, 0.3) is 0 Å². The minimum absolute atomic E-state index is 0. The normalized spacial score (nSPS) is 18.4. The SMILES string of the molecule is CCNC(=NCc1nccn1CC(C)C)NCC1CN(CC(C)C)CCO1.I. The molecule has 1 saturated heterocycles. The maximum atomic E-state index is 5.93. The first-order valence-electron chi connectivity index (χ1n) is 10.3. The van der Waals surface area contributed by atoms with Crippen molar-refractivity contribution in [3.05, 3.63) is 18.2 Å². The first-order valence-corrected chi connectivity index (χ1v) is 10.3. The van der Waals surface area contributed by atoms with Crippen molar-refractivity contribution in [3.8, 4) is 0 Å². The monoisotopic (exact) mass is 506 g/mol. The fourth-order valence-electron chi connectivity index (χ4n) is 3.34. The number of hydrogen-bond donors (Lipinski definition) is 2. The fourth-order valence-corrected chi connectivity index (χ4v) is 3.34. The molecule has 1 aromatic heterocycles. The molecule has 2 rings (SSSR count). The number of halogens is 1. The molecule has 162 valence electrons. The van der Waals surface area contributed by atoms with Crippen molar-refractivity contribution in [2.45, 2.75) is 53.8 Å². The summed E-state index contributed by atoms with van der Waals surface area (Å²) in [5.74, 6) is 3.09. The number of imidazole rings is 1. The second-order valence-corrected chi connectivity index (χ2v) is 8.11. The van der Waals surface area contributed by atoms with E-state index in [-0.39, 0.29) is 30.1 Å². The van der Waals surface area contributed by atoms with Crippen LogP contribution in [-0.2, 0) is 17.8 Å². The lowest BCUT2D eigenvalue weighted by Crippen LogP contribution is -2.50. The number of nitrogens with one attached hydrogen (secondary N) is 2. The van der Waals surface area contributed by atoms with Gasteiger partial charge in [0.2, 0.25) is 0 Å². The highest BCUT2D eigenvalue weighted by Crippen LogP contribution is 2.08. The van der Waals surface area contributed by atoms with Gasteiger partial charge < -0.3 is 19.9 Å². The van der Waals surface area contributed by atoms with Gasteiger partial charge in [-0.2, -0.15) is 0 Å². The summed E-state index contributed by atoms with van der Waals surface area (Å²) in [5, 5.41) is 6.76. The number of nitrogens with zero attached hydrogens (tertiary/aromatic N) is 4. The molecule has 2 N–H and O–H groups in total. The standard InChI is InChI=1S/C20H38N6O.HI/c1-6-21-20(24-12-19-22-7-8-26(19)14-17(4)5)23-11-18-15-25(9-10-27-18)13-16(2)3;/h7-8,16-18H,6,9-15H2,1-5H3,(H2,21,23,24);1H. The van der Waals surface area contributed by atoms with Crippen LogP contribution >= 0.6 is 24.0 Å². The Kier molecular flexibility index (Phi) is 12.0. The molecule has 1 aliphatic rings. The number of morpholine rings is 1. The van der Waals surface area contributed by atoms with E-state index in [1.54, 1.807) is 0 Å². The lowest BCUT2D eigenvalue weighted by molar-refractivity contribution is -0.0284. The van der Waals surface area contributed by atoms with E-state index < -0.39 is 0 Å². The average molecular weight is 506 g/mol. The van der Waals surface area contributed by atoms with Crippen molar-refractivity contribution in [1.29, 1.82) is 0 Å². The molecule has 2 heterocycles. The van der Waals surface area contributed by atoms with E-state index in [4.69, 9.17) is 9.73 Å². The topological polar surface area (TPSA) is 66.7 Å². The Hall–Kier alpha value is -0.870. The third kappa shape index (κ3) is 9.09. The predicted molar refractivity (Wildman–Crippen MR) is 126 cm³/mol. The Bertz CT molecular complexity index is 575. The molecule has 28 heavy (non-hydrogen) atoms. The predicted octanol–water partition coefficient (Wildman–Crippen LogP) is 2.57. The second-order valence-electron chi connectivity index (χ2n) is 8.11. The van der Waals surface area contributed by atoms with E-state index in [0.717, 1.165) is 57.7 Å². The van der Waals surface area contributed by atoms with Gasteiger partial charge in [0.05, 0.1) is 12.7 Å². The summed E-state index contributed by atoms with van der Waals surface area (Å²) < 4.78 is 8.11. The van der Waals surface area contributed by atoms with Crippen molar-refractivity contribution < 1.29 is 4.74 Å². The van der Waals surface area contributed by atoms with Gasteiger partial charge in [-0.15, -0.1) is 24.0 Å². The minimum atomic E-state index is 0. The molecule has 1 aliphatic heterocycles. The van der Waals surface area contributed by atoms with Crippen LogP contribution < -0.4 is 10.6 Å². The summed E-state index contributed by atoms with van der Waals surface area (Å²) in [6, 6.07) is 0. The molecular formula is C20H39IN6O. The molecule has 1 aromatic rings. The third-order valence-electron chi connectivity index (χ3n) is 4.43. The second kappa shape index (κ2) is 13.4. The summed E-state index contributed by atoms with van der Waals surface area (Å²) in [6.45, 7) is 18.1.